The summed E-state index contributed by atoms with van der Waals surface area (Å²) in [4.78, 5) is 17.4. The Hall–Kier alpha value is -3.38. The van der Waals surface area contributed by atoms with E-state index in [-0.39, 0.29) is 5.91 Å². The van der Waals surface area contributed by atoms with Gasteiger partial charge in [-0.15, -0.1) is 11.3 Å². The molecule has 0 saturated heterocycles. The van der Waals surface area contributed by atoms with Gasteiger partial charge in [0.25, 0.3) is 5.91 Å². The minimum atomic E-state index is -0.176. The van der Waals surface area contributed by atoms with Crippen molar-refractivity contribution in [3.63, 3.8) is 0 Å². The molecule has 0 radical (unpaired) electrons. The van der Waals surface area contributed by atoms with Crippen LogP contribution in [0.1, 0.15) is 23.0 Å². The van der Waals surface area contributed by atoms with Crippen molar-refractivity contribution in [3.05, 3.63) is 89.6 Å². The fraction of sp³-hybridized carbons (Fsp3) is 0.130. The maximum atomic E-state index is 12.8. The zero-order valence-electron chi connectivity index (χ0n) is 16.0. The average molecular weight is 404 g/mol. The average Bonchev–Trinajstić information content (AvgIpc) is 3.39. The summed E-state index contributed by atoms with van der Waals surface area (Å²) in [7, 11) is 0. The topological polar surface area (TPSA) is 56.1 Å². The summed E-state index contributed by atoms with van der Waals surface area (Å²) in [6, 6.07) is 21.5. The number of amides is 1. The molecule has 0 fully saturated rings. The monoisotopic (exact) mass is 403 g/mol. The molecule has 0 aliphatic heterocycles. The summed E-state index contributed by atoms with van der Waals surface area (Å²) in [5.74, 6) is 0.611. The van der Waals surface area contributed by atoms with Crippen LogP contribution < -0.4 is 10.1 Å². The van der Waals surface area contributed by atoms with E-state index in [1.54, 1.807) is 0 Å². The third-order valence-electron chi connectivity index (χ3n) is 4.45. The molecule has 1 N–H and O–H groups in total. The number of carbonyl (C=O) groups is 1. The van der Waals surface area contributed by atoms with Crippen molar-refractivity contribution >= 4 is 22.4 Å². The van der Waals surface area contributed by atoms with E-state index in [4.69, 9.17) is 4.74 Å². The van der Waals surface area contributed by atoms with Gasteiger partial charge in [0, 0.05) is 23.7 Å². The Morgan fingerprint density at radius 2 is 1.86 bits per heavy atom. The van der Waals surface area contributed by atoms with Crippen molar-refractivity contribution in [3.8, 4) is 17.0 Å². The highest BCUT2D eigenvalue weighted by molar-refractivity contribution is 7.14. The molecule has 0 bridgehead atoms. The van der Waals surface area contributed by atoms with Crippen molar-refractivity contribution in [1.29, 1.82) is 0 Å². The van der Waals surface area contributed by atoms with Crippen LogP contribution in [0.4, 0.5) is 5.13 Å². The van der Waals surface area contributed by atoms with Gasteiger partial charge >= 0.3 is 0 Å². The van der Waals surface area contributed by atoms with Crippen molar-refractivity contribution < 1.29 is 9.53 Å². The Kier molecular flexibility index (Phi) is 5.72. The number of hydrogen-bond acceptors (Lipinski definition) is 4. The molecule has 0 aliphatic rings. The third-order valence-corrected chi connectivity index (χ3v) is 5.20. The standard InChI is InChI=1S/C23H21N3O2S/c1-2-28-21-13-7-6-11-18(21)19-16-29-23(24-19)25-22(27)20-12-8-14-26(20)15-17-9-4-3-5-10-17/h3-14,16H,2,15H2,1H3,(H,24,25,27). The number of nitrogens with one attached hydrogen (secondary N) is 1. The third kappa shape index (κ3) is 4.38. The first kappa shape index (κ1) is 19.0. The first-order valence-corrected chi connectivity index (χ1v) is 10.3. The van der Waals surface area contributed by atoms with E-state index in [2.05, 4.69) is 10.3 Å². The molecule has 0 saturated carbocycles. The fourth-order valence-corrected chi connectivity index (χ4v) is 3.82. The van der Waals surface area contributed by atoms with E-state index >= 15 is 0 Å². The first-order chi connectivity index (χ1) is 14.2. The zero-order chi connectivity index (χ0) is 20.1. The number of ether oxygens (including phenoxy) is 1. The molecule has 4 rings (SSSR count). The Morgan fingerprint density at radius 1 is 1.07 bits per heavy atom. The summed E-state index contributed by atoms with van der Waals surface area (Å²) < 4.78 is 7.62. The second-order valence-corrected chi connectivity index (χ2v) is 7.29. The number of anilines is 1. The van der Waals surface area contributed by atoms with Gasteiger partial charge in [-0.3, -0.25) is 10.1 Å². The van der Waals surface area contributed by atoms with E-state index in [1.165, 1.54) is 11.3 Å². The lowest BCUT2D eigenvalue weighted by Gasteiger charge is -2.09. The number of hydrogen-bond donors (Lipinski definition) is 1. The lowest BCUT2D eigenvalue weighted by Crippen LogP contribution is -2.17. The summed E-state index contributed by atoms with van der Waals surface area (Å²) in [5, 5.41) is 5.41. The van der Waals surface area contributed by atoms with Gasteiger partial charge in [-0.25, -0.2) is 4.98 Å². The van der Waals surface area contributed by atoms with Gasteiger partial charge in [0.1, 0.15) is 11.4 Å². The molecular weight excluding hydrogens is 382 g/mol. The second kappa shape index (κ2) is 8.75. The molecule has 2 heterocycles. The van der Waals surface area contributed by atoms with Crippen LogP contribution in [0.3, 0.4) is 0 Å². The van der Waals surface area contributed by atoms with Gasteiger partial charge in [0.05, 0.1) is 12.3 Å². The predicted octanol–water partition coefficient (Wildman–Crippen LogP) is 5.31. The summed E-state index contributed by atoms with van der Waals surface area (Å²) >= 11 is 1.40. The van der Waals surface area contributed by atoms with E-state index in [0.29, 0.717) is 24.0 Å². The summed E-state index contributed by atoms with van der Waals surface area (Å²) in [6.07, 6.45) is 1.91. The number of rotatable bonds is 7. The molecule has 5 nitrogen and oxygen atoms in total. The van der Waals surface area contributed by atoms with Crippen LogP contribution in [0.2, 0.25) is 0 Å². The molecule has 0 spiro atoms. The lowest BCUT2D eigenvalue weighted by atomic mass is 10.1. The molecule has 6 heteroatoms. The Balaban J connectivity index is 1.50. The quantitative estimate of drug-likeness (QED) is 0.455. The van der Waals surface area contributed by atoms with Gasteiger partial charge in [-0.05, 0) is 36.8 Å². The molecule has 0 unspecified atom stereocenters. The zero-order valence-corrected chi connectivity index (χ0v) is 16.9. The minimum absolute atomic E-state index is 0.176. The highest BCUT2D eigenvalue weighted by atomic mass is 32.1. The number of carbonyl (C=O) groups excluding carboxylic acids is 1. The summed E-state index contributed by atoms with van der Waals surface area (Å²) in [5.41, 5.74) is 3.44. The molecule has 146 valence electrons. The van der Waals surface area contributed by atoms with Gasteiger partial charge in [0.15, 0.2) is 5.13 Å². The molecule has 0 aliphatic carbocycles. The largest absolute Gasteiger partial charge is 0.493 e. The smallest absolute Gasteiger partial charge is 0.274 e. The number of aromatic nitrogens is 2. The fourth-order valence-electron chi connectivity index (χ4n) is 3.11. The van der Waals surface area contributed by atoms with Crippen molar-refractivity contribution in [2.75, 3.05) is 11.9 Å². The van der Waals surface area contributed by atoms with E-state index in [9.17, 15) is 4.79 Å². The maximum Gasteiger partial charge on any atom is 0.274 e. The van der Waals surface area contributed by atoms with Crippen LogP contribution in [0.15, 0.2) is 78.3 Å². The highest BCUT2D eigenvalue weighted by Crippen LogP contribution is 2.32. The van der Waals surface area contributed by atoms with Gasteiger partial charge in [-0.2, -0.15) is 0 Å². The highest BCUT2D eigenvalue weighted by Gasteiger charge is 2.15. The van der Waals surface area contributed by atoms with Crippen molar-refractivity contribution in [1.82, 2.24) is 9.55 Å². The Morgan fingerprint density at radius 3 is 2.69 bits per heavy atom. The van der Waals surface area contributed by atoms with Crippen LogP contribution in [-0.2, 0) is 6.54 Å². The van der Waals surface area contributed by atoms with Gasteiger partial charge in [0.2, 0.25) is 0 Å². The van der Waals surface area contributed by atoms with Gasteiger partial charge in [-0.1, -0.05) is 42.5 Å². The van der Waals surface area contributed by atoms with Crippen LogP contribution >= 0.6 is 11.3 Å². The lowest BCUT2D eigenvalue weighted by molar-refractivity contribution is 0.101. The number of nitrogens with zero attached hydrogens (tertiary/aromatic N) is 2. The van der Waals surface area contributed by atoms with Gasteiger partial charge < -0.3 is 9.30 Å². The maximum absolute atomic E-state index is 12.8. The normalized spacial score (nSPS) is 10.7. The molecular formula is C23H21N3O2S. The van der Waals surface area contributed by atoms with Crippen molar-refractivity contribution in [2.24, 2.45) is 0 Å². The molecule has 4 aromatic rings. The SMILES string of the molecule is CCOc1ccccc1-c1csc(NC(=O)c2cccn2Cc2ccccc2)n1. The summed E-state index contributed by atoms with van der Waals surface area (Å²) in [6.45, 7) is 3.18. The predicted molar refractivity (Wildman–Crippen MR) is 117 cm³/mol. The van der Waals surface area contributed by atoms with Crippen LogP contribution in [0.5, 0.6) is 5.75 Å². The molecule has 29 heavy (non-hydrogen) atoms. The molecule has 0 atom stereocenters. The second-order valence-electron chi connectivity index (χ2n) is 6.43. The molecule has 2 aromatic carbocycles. The van der Waals surface area contributed by atoms with Crippen LogP contribution in [0.25, 0.3) is 11.3 Å². The number of benzene rings is 2. The number of thiazole rings is 1. The Bertz CT molecular complexity index is 1100. The van der Waals surface area contributed by atoms with E-state index in [1.807, 2.05) is 89.8 Å². The van der Waals surface area contributed by atoms with Crippen LogP contribution in [0, 0.1) is 0 Å². The van der Waals surface area contributed by atoms with Crippen molar-refractivity contribution in [2.45, 2.75) is 13.5 Å². The first-order valence-electron chi connectivity index (χ1n) is 9.42. The van der Waals surface area contributed by atoms with Crippen LogP contribution in [-0.4, -0.2) is 22.1 Å². The van der Waals surface area contributed by atoms with E-state index < -0.39 is 0 Å². The Labute approximate surface area is 173 Å². The number of para-hydroxylation sites is 1. The molecule has 1 amide bonds. The minimum Gasteiger partial charge on any atom is -0.493 e. The van der Waals surface area contributed by atoms with E-state index in [0.717, 1.165) is 22.6 Å². The molecule has 2 aromatic heterocycles.